The van der Waals surface area contributed by atoms with E-state index in [1.807, 2.05) is 32.8 Å². The molecule has 0 atom stereocenters. The molecule has 5 heteroatoms. The van der Waals surface area contributed by atoms with Crippen molar-refractivity contribution in [3.63, 3.8) is 0 Å². The Hall–Kier alpha value is -1.52. The van der Waals surface area contributed by atoms with Crippen molar-refractivity contribution in [3.05, 3.63) is 11.3 Å². The van der Waals surface area contributed by atoms with Crippen LogP contribution in [0.4, 0.5) is 5.82 Å². The normalized spacial score (nSPS) is 10.3. The molecule has 0 aliphatic rings. The van der Waals surface area contributed by atoms with Crippen molar-refractivity contribution in [2.24, 2.45) is 12.8 Å². The number of hydrogen-bond donors (Lipinski definition) is 2. The van der Waals surface area contributed by atoms with Gasteiger partial charge in [0.25, 0.3) is 0 Å². The maximum atomic E-state index is 7.50. The Bertz CT molecular complexity index is 352. The molecule has 1 rings (SSSR count). The third kappa shape index (κ3) is 1.57. The highest BCUT2D eigenvalue weighted by molar-refractivity contribution is 6.00. The second-order valence-electron chi connectivity index (χ2n) is 3.34. The standard InChI is InChI=1S/C9H17N5/c1-5-13(3)9-7(8(10)11)6(2)12-14(9)4/h5H2,1-4H3,(H3,10,11). The van der Waals surface area contributed by atoms with E-state index < -0.39 is 0 Å². The summed E-state index contributed by atoms with van der Waals surface area (Å²) < 4.78 is 1.76. The van der Waals surface area contributed by atoms with Gasteiger partial charge in [0.15, 0.2) is 0 Å². The van der Waals surface area contributed by atoms with E-state index in [0.29, 0.717) is 0 Å². The number of anilines is 1. The second-order valence-corrected chi connectivity index (χ2v) is 3.34. The van der Waals surface area contributed by atoms with Gasteiger partial charge in [-0.3, -0.25) is 10.1 Å². The van der Waals surface area contributed by atoms with Crippen molar-refractivity contribution in [3.8, 4) is 0 Å². The molecule has 0 unspecified atom stereocenters. The van der Waals surface area contributed by atoms with Crippen LogP contribution in [-0.4, -0.2) is 29.2 Å². The number of nitrogens with one attached hydrogen (secondary N) is 1. The minimum absolute atomic E-state index is 0.0749. The van der Waals surface area contributed by atoms with Gasteiger partial charge in [0.05, 0.1) is 11.3 Å². The first-order valence-electron chi connectivity index (χ1n) is 4.58. The SMILES string of the molecule is CCN(C)c1c(C(=N)N)c(C)nn1C. The van der Waals surface area contributed by atoms with Gasteiger partial charge in [-0.25, -0.2) is 0 Å². The summed E-state index contributed by atoms with van der Waals surface area (Å²) in [6, 6.07) is 0. The van der Waals surface area contributed by atoms with E-state index in [4.69, 9.17) is 11.1 Å². The molecule has 0 radical (unpaired) electrons. The van der Waals surface area contributed by atoms with Crippen LogP contribution in [0.2, 0.25) is 0 Å². The van der Waals surface area contributed by atoms with E-state index >= 15 is 0 Å². The molecule has 1 aromatic heterocycles. The molecule has 0 saturated heterocycles. The van der Waals surface area contributed by atoms with Gasteiger partial charge in [-0.05, 0) is 13.8 Å². The summed E-state index contributed by atoms with van der Waals surface area (Å²) in [6.45, 7) is 4.77. The lowest BCUT2D eigenvalue weighted by Gasteiger charge is -2.18. The largest absolute Gasteiger partial charge is 0.384 e. The monoisotopic (exact) mass is 195 g/mol. The van der Waals surface area contributed by atoms with Crippen molar-refractivity contribution >= 4 is 11.7 Å². The lowest BCUT2D eigenvalue weighted by Crippen LogP contribution is -2.23. The van der Waals surface area contributed by atoms with Crippen molar-refractivity contribution in [2.75, 3.05) is 18.5 Å². The lowest BCUT2D eigenvalue weighted by atomic mass is 10.2. The highest BCUT2D eigenvalue weighted by Gasteiger charge is 2.17. The summed E-state index contributed by atoms with van der Waals surface area (Å²) in [6.07, 6.45) is 0. The summed E-state index contributed by atoms with van der Waals surface area (Å²) in [7, 11) is 3.82. The van der Waals surface area contributed by atoms with Gasteiger partial charge in [-0.1, -0.05) is 0 Å². The third-order valence-electron chi connectivity index (χ3n) is 2.30. The average Bonchev–Trinajstić information content (AvgIpc) is 2.39. The zero-order valence-corrected chi connectivity index (χ0v) is 9.13. The van der Waals surface area contributed by atoms with Crippen molar-refractivity contribution in [2.45, 2.75) is 13.8 Å². The number of amidine groups is 1. The Kier molecular flexibility index (Phi) is 2.78. The first-order chi connectivity index (χ1) is 6.49. The van der Waals surface area contributed by atoms with E-state index in [9.17, 15) is 0 Å². The molecule has 3 N–H and O–H groups in total. The van der Waals surface area contributed by atoms with Crippen LogP contribution >= 0.6 is 0 Å². The van der Waals surface area contributed by atoms with Gasteiger partial charge in [0, 0.05) is 20.6 Å². The topological polar surface area (TPSA) is 70.9 Å². The number of nitrogens with zero attached hydrogens (tertiary/aromatic N) is 3. The number of aromatic nitrogens is 2. The van der Waals surface area contributed by atoms with E-state index in [1.54, 1.807) is 4.68 Å². The van der Waals surface area contributed by atoms with Crippen LogP contribution in [-0.2, 0) is 7.05 Å². The smallest absolute Gasteiger partial charge is 0.137 e. The Morgan fingerprint density at radius 2 is 2.21 bits per heavy atom. The molecular formula is C9H17N5. The highest BCUT2D eigenvalue weighted by atomic mass is 15.4. The summed E-state index contributed by atoms with van der Waals surface area (Å²) in [5, 5.41) is 11.8. The van der Waals surface area contributed by atoms with Gasteiger partial charge in [0.1, 0.15) is 11.7 Å². The molecular weight excluding hydrogens is 178 g/mol. The summed E-state index contributed by atoms with van der Waals surface area (Å²) in [5.41, 5.74) is 7.06. The molecule has 0 bridgehead atoms. The molecule has 14 heavy (non-hydrogen) atoms. The van der Waals surface area contributed by atoms with E-state index in [2.05, 4.69) is 5.10 Å². The first kappa shape index (κ1) is 10.6. The molecule has 0 spiro atoms. The van der Waals surface area contributed by atoms with Crippen LogP contribution in [0.1, 0.15) is 18.2 Å². The van der Waals surface area contributed by atoms with Crippen LogP contribution in [0.25, 0.3) is 0 Å². The van der Waals surface area contributed by atoms with Gasteiger partial charge < -0.3 is 10.6 Å². The third-order valence-corrected chi connectivity index (χ3v) is 2.30. The van der Waals surface area contributed by atoms with E-state index in [1.165, 1.54) is 0 Å². The Labute approximate surface area is 84.0 Å². The lowest BCUT2D eigenvalue weighted by molar-refractivity contribution is 0.733. The molecule has 0 amide bonds. The van der Waals surface area contributed by atoms with Crippen LogP contribution in [0.15, 0.2) is 0 Å². The Balaban J connectivity index is 3.32. The number of rotatable bonds is 3. The van der Waals surface area contributed by atoms with Gasteiger partial charge in [-0.15, -0.1) is 0 Å². The molecule has 0 fully saturated rings. The van der Waals surface area contributed by atoms with Crippen LogP contribution in [0.3, 0.4) is 0 Å². The summed E-state index contributed by atoms with van der Waals surface area (Å²) >= 11 is 0. The van der Waals surface area contributed by atoms with Crippen molar-refractivity contribution in [1.29, 1.82) is 5.41 Å². The maximum Gasteiger partial charge on any atom is 0.137 e. The van der Waals surface area contributed by atoms with Crippen LogP contribution in [0, 0.1) is 12.3 Å². The predicted octanol–water partition coefficient (Wildman–Crippen LogP) is 0.469. The molecule has 0 aliphatic carbocycles. The van der Waals surface area contributed by atoms with Gasteiger partial charge in [0.2, 0.25) is 0 Å². The number of nitrogen functional groups attached to an aromatic ring is 1. The fourth-order valence-electron chi connectivity index (χ4n) is 1.55. The summed E-state index contributed by atoms with van der Waals surface area (Å²) in [5.74, 6) is 0.975. The molecule has 0 saturated carbocycles. The molecule has 1 aromatic rings. The molecule has 5 nitrogen and oxygen atoms in total. The van der Waals surface area contributed by atoms with E-state index in [0.717, 1.165) is 23.6 Å². The van der Waals surface area contributed by atoms with Gasteiger partial charge in [-0.2, -0.15) is 5.10 Å². The fraction of sp³-hybridized carbons (Fsp3) is 0.556. The van der Waals surface area contributed by atoms with Crippen LogP contribution in [0.5, 0.6) is 0 Å². The van der Waals surface area contributed by atoms with Crippen molar-refractivity contribution in [1.82, 2.24) is 9.78 Å². The second kappa shape index (κ2) is 3.69. The first-order valence-corrected chi connectivity index (χ1v) is 4.58. The Morgan fingerprint density at radius 3 is 2.64 bits per heavy atom. The Morgan fingerprint density at radius 1 is 1.64 bits per heavy atom. The summed E-state index contributed by atoms with van der Waals surface area (Å²) in [4.78, 5) is 2.02. The van der Waals surface area contributed by atoms with Crippen molar-refractivity contribution < 1.29 is 0 Å². The zero-order chi connectivity index (χ0) is 10.9. The fourth-order valence-corrected chi connectivity index (χ4v) is 1.55. The zero-order valence-electron chi connectivity index (χ0n) is 9.13. The molecule has 1 heterocycles. The number of nitrogens with two attached hydrogens (primary N) is 1. The number of aryl methyl sites for hydroxylation is 2. The van der Waals surface area contributed by atoms with Gasteiger partial charge >= 0.3 is 0 Å². The highest BCUT2D eigenvalue weighted by Crippen LogP contribution is 2.20. The van der Waals surface area contributed by atoms with Crippen LogP contribution < -0.4 is 10.6 Å². The minimum Gasteiger partial charge on any atom is -0.384 e. The maximum absolute atomic E-state index is 7.50. The molecule has 78 valence electrons. The quantitative estimate of drug-likeness (QED) is 0.544. The van der Waals surface area contributed by atoms with E-state index in [-0.39, 0.29) is 5.84 Å². The predicted molar refractivity (Wildman–Crippen MR) is 57.9 cm³/mol. The number of hydrogen-bond acceptors (Lipinski definition) is 3. The molecule has 0 aliphatic heterocycles. The molecule has 0 aromatic carbocycles. The average molecular weight is 195 g/mol. The minimum atomic E-state index is 0.0749.